The summed E-state index contributed by atoms with van der Waals surface area (Å²) in [7, 11) is 2.68. The van der Waals surface area contributed by atoms with E-state index in [9.17, 15) is 22.8 Å². The molecule has 0 aliphatic carbocycles. The summed E-state index contributed by atoms with van der Waals surface area (Å²) < 4.78 is 39.4. The number of aromatic nitrogens is 3. The molecule has 0 spiro atoms. The van der Waals surface area contributed by atoms with Crippen LogP contribution in [0.3, 0.4) is 0 Å². The first-order valence-electron chi connectivity index (χ1n) is 7.38. The van der Waals surface area contributed by atoms with Gasteiger partial charge in [0.05, 0.1) is 5.56 Å². The number of hydrogen-bond acceptors (Lipinski definition) is 6. The maximum absolute atomic E-state index is 12.5. The fourth-order valence-electron chi connectivity index (χ4n) is 2.19. The lowest BCUT2D eigenvalue weighted by atomic mass is 10.3. The van der Waals surface area contributed by atoms with E-state index in [0.29, 0.717) is 6.20 Å². The van der Waals surface area contributed by atoms with Gasteiger partial charge in [0.2, 0.25) is 0 Å². The number of anilines is 2. The number of nitrogens with zero attached hydrogens (tertiary/aromatic N) is 4. The van der Waals surface area contributed by atoms with Crippen LogP contribution in [0, 0.1) is 11.3 Å². The van der Waals surface area contributed by atoms with Crippen LogP contribution in [0.2, 0.25) is 0 Å². The number of hydrogen-bond donors (Lipinski definition) is 2. The number of rotatable bonds is 5. The van der Waals surface area contributed by atoms with Gasteiger partial charge in [0.25, 0.3) is 5.56 Å². The van der Waals surface area contributed by atoms with Crippen LogP contribution < -0.4 is 21.9 Å². The van der Waals surface area contributed by atoms with Crippen LogP contribution in [0.25, 0.3) is 0 Å². The molecular weight excluding hydrogens is 353 g/mol. The largest absolute Gasteiger partial charge is 0.417 e. The molecule has 8 nitrogen and oxygen atoms in total. The molecule has 0 fully saturated rings. The van der Waals surface area contributed by atoms with Crippen LogP contribution >= 0.6 is 0 Å². The highest BCUT2D eigenvalue weighted by atomic mass is 19.4. The molecular formula is C15H15F3N6O2. The molecule has 0 aliphatic heterocycles. The number of nitrogens with one attached hydrogen (secondary N) is 2. The van der Waals surface area contributed by atoms with Crippen molar-refractivity contribution in [1.29, 1.82) is 5.26 Å². The van der Waals surface area contributed by atoms with E-state index in [-0.39, 0.29) is 30.3 Å². The zero-order chi connectivity index (χ0) is 19.5. The van der Waals surface area contributed by atoms with E-state index in [4.69, 9.17) is 5.26 Å². The molecule has 0 aromatic carbocycles. The first kappa shape index (κ1) is 19.0. The normalized spacial score (nSPS) is 11.1. The second-order valence-corrected chi connectivity index (χ2v) is 5.32. The predicted molar refractivity (Wildman–Crippen MR) is 87.9 cm³/mol. The Morgan fingerprint density at radius 3 is 2.35 bits per heavy atom. The molecule has 0 radical (unpaired) electrons. The molecule has 0 bridgehead atoms. The summed E-state index contributed by atoms with van der Waals surface area (Å²) in [6, 6.07) is 3.85. The van der Waals surface area contributed by atoms with E-state index in [1.165, 1.54) is 20.2 Å². The lowest BCUT2D eigenvalue weighted by molar-refractivity contribution is -0.137. The lowest BCUT2D eigenvalue weighted by Crippen LogP contribution is -2.40. The van der Waals surface area contributed by atoms with Gasteiger partial charge in [-0.05, 0) is 12.1 Å². The Kier molecular flexibility index (Phi) is 5.35. The third-order valence-corrected chi connectivity index (χ3v) is 3.59. The Balaban J connectivity index is 2.04. The van der Waals surface area contributed by atoms with Crippen LogP contribution in [0.5, 0.6) is 0 Å². The summed E-state index contributed by atoms with van der Waals surface area (Å²) in [6.45, 7) is 0.421. The van der Waals surface area contributed by atoms with Crippen molar-refractivity contribution < 1.29 is 13.2 Å². The predicted octanol–water partition coefficient (Wildman–Crippen LogP) is 0.893. The fraction of sp³-hybridized carbons (Fsp3) is 0.333. The molecule has 26 heavy (non-hydrogen) atoms. The molecule has 0 saturated heterocycles. The molecule has 0 unspecified atom stereocenters. The molecule has 11 heteroatoms. The van der Waals surface area contributed by atoms with E-state index in [0.717, 1.165) is 15.2 Å². The minimum absolute atomic E-state index is 0.0720. The van der Waals surface area contributed by atoms with Crippen molar-refractivity contribution in [3.8, 4) is 6.07 Å². The second-order valence-electron chi connectivity index (χ2n) is 5.32. The summed E-state index contributed by atoms with van der Waals surface area (Å²) in [6.07, 6.45) is -3.74. The van der Waals surface area contributed by atoms with Crippen LogP contribution in [0.15, 0.2) is 27.9 Å². The summed E-state index contributed by atoms with van der Waals surface area (Å²) >= 11 is 0. The van der Waals surface area contributed by atoms with E-state index < -0.39 is 23.0 Å². The van der Waals surface area contributed by atoms with Gasteiger partial charge in [-0.15, -0.1) is 0 Å². The van der Waals surface area contributed by atoms with Gasteiger partial charge in [-0.1, -0.05) is 0 Å². The second kappa shape index (κ2) is 7.30. The average Bonchev–Trinajstić information content (AvgIpc) is 2.60. The van der Waals surface area contributed by atoms with Gasteiger partial charge < -0.3 is 10.6 Å². The Bertz CT molecular complexity index is 954. The van der Waals surface area contributed by atoms with Crippen molar-refractivity contribution in [2.75, 3.05) is 23.7 Å². The minimum atomic E-state index is -4.45. The molecule has 2 N–H and O–H groups in total. The molecule has 0 atom stereocenters. The quantitative estimate of drug-likeness (QED) is 0.760. The maximum Gasteiger partial charge on any atom is 0.417 e. The monoisotopic (exact) mass is 368 g/mol. The number of halogens is 3. The zero-order valence-corrected chi connectivity index (χ0v) is 13.9. The van der Waals surface area contributed by atoms with Gasteiger partial charge in [0.1, 0.15) is 17.7 Å². The van der Waals surface area contributed by atoms with Gasteiger partial charge >= 0.3 is 11.9 Å². The Hall–Kier alpha value is -3.29. The Morgan fingerprint density at radius 2 is 1.81 bits per heavy atom. The van der Waals surface area contributed by atoms with Crippen LogP contribution in [-0.2, 0) is 20.3 Å². The molecule has 0 saturated carbocycles. The number of nitriles is 1. The highest BCUT2D eigenvalue weighted by molar-refractivity contribution is 5.51. The third-order valence-electron chi connectivity index (χ3n) is 3.59. The van der Waals surface area contributed by atoms with Crippen molar-refractivity contribution in [1.82, 2.24) is 14.1 Å². The molecule has 2 aromatic heterocycles. The maximum atomic E-state index is 12.5. The average molecular weight is 368 g/mol. The molecule has 138 valence electrons. The van der Waals surface area contributed by atoms with Crippen LogP contribution in [0.1, 0.15) is 11.1 Å². The SMILES string of the molecule is Cn1c(NCCNc2ccc(C(F)(F)F)cn2)c(C#N)c(=O)n(C)c1=O. The Morgan fingerprint density at radius 1 is 1.15 bits per heavy atom. The van der Waals surface area contributed by atoms with E-state index in [2.05, 4.69) is 15.6 Å². The van der Waals surface area contributed by atoms with Crippen molar-refractivity contribution >= 4 is 11.6 Å². The number of alkyl halides is 3. The molecule has 2 heterocycles. The van der Waals surface area contributed by atoms with Gasteiger partial charge in [-0.2, -0.15) is 18.4 Å². The summed E-state index contributed by atoms with van der Waals surface area (Å²) in [5.74, 6) is 0.306. The van der Waals surface area contributed by atoms with E-state index >= 15 is 0 Å². The molecule has 0 aliphatic rings. The topological polar surface area (TPSA) is 105 Å². The molecule has 0 amide bonds. The van der Waals surface area contributed by atoms with Crippen molar-refractivity contribution in [3.63, 3.8) is 0 Å². The number of pyridine rings is 1. The molecule has 2 rings (SSSR count). The summed E-state index contributed by atoms with van der Waals surface area (Å²) in [5.41, 5.74) is -2.36. The smallest absolute Gasteiger partial charge is 0.368 e. The zero-order valence-electron chi connectivity index (χ0n) is 13.9. The lowest BCUT2D eigenvalue weighted by Gasteiger charge is -2.14. The van der Waals surface area contributed by atoms with Gasteiger partial charge in [0.15, 0.2) is 5.56 Å². The van der Waals surface area contributed by atoms with Crippen LogP contribution in [-0.4, -0.2) is 27.2 Å². The van der Waals surface area contributed by atoms with Crippen LogP contribution in [0.4, 0.5) is 24.8 Å². The van der Waals surface area contributed by atoms with Gasteiger partial charge in [0, 0.05) is 33.4 Å². The first-order chi connectivity index (χ1) is 12.2. The highest BCUT2D eigenvalue weighted by Crippen LogP contribution is 2.28. The molecule has 2 aromatic rings. The highest BCUT2D eigenvalue weighted by Gasteiger charge is 2.30. The standard InChI is InChI=1S/C15H15F3N6O2/c1-23-12(10(7-19)13(25)24(2)14(23)26)21-6-5-20-11-4-3-9(8-22-11)15(16,17)18/h3-4,8,21H,5-6H2,1-2H3,(H,20,22). The third kappa shape index (κ3) is 3.85. The van der Waals surface area contributed by atoms with E-state index in [1.807, 2.05) is 0 Å². The first-order valence-corrected chi connectivity index (χ1v) is 7.38. The Labute approximate surface area is 145 Å². The summed E-state index contributed by atoms with van der Waals surface area (Å²) in [4.78, 5) is 27.5. The van der Waals surface area contributed by atoms with Gasteiger partial charge in [-0.25, -0.2) is 9.78 Å². The summed E-state index contributed by atoms with van der Waals surface area (Å²) in [5, 5.41) is 14.7. The van der Waals surface area contributed by atoms with Crippen molar-refractivity contribution in [2.45, 2.75) is 6.18 Å². The van der Waals surface area contributed by atoms with Crippen molar-refractivity contribution in [3.05, 3.63) is 50.3 Å². The van der Waals surface area contributed by atoms with E-state index in [1.54, 1.807) is 6.07 Å². The minimum Gasteiger partial charge on any atom is -0.368 e. The fourth-order valence-corrected chi connectivity index (χ4v) is 2.19. The van der Waals surface area contributed by atoms with Crippen molar-refractivity contribution in [2.24, 2.45) is 14.1 Å². The van der Waals surface area contributed by atoms with Gasteiger partial charge in [-0.3, -0.25) is 13.9 Å².